The summed E-state index contributed by atoms with van der Waals surface area (Å²) in [5, 5.41) is 8.76. The average molecular weight is 234 g/mol. The summed E-state index contributed by atoms with van der Waals surface area (Å²) in [5.74, 6) is -1.39. The van der Waals surface area contributed by atoms with Gasteiger partial charge in [0.15, 0.2) is 0 Å². The maximum absolute atomic E-state index is 11.6. The zero-order valence-corrected chi connectivity index (χ0v) is 9.70. The van der Waals surface area contributed by atoms with Gasteiger partial charge in [0.05, 0.1) is 0 Å². The van der Waals surface area contributed by atoms with Gasteiger partial charge in [-0.15, -0.1) is 0 Å². The van der Waals surface area contributed by atoms with Crippen LogP contribution in [0.5, 0.6) is 0 Å². The lowest BCUT2D eigenvalue weighted by Crippen LogP contribution is -2.39. The molecule has 1 unspecified atom stereocenters. The summed E-state index contributed by atoms with van der Waals surface area (Å²) >= 11 is 0. The number of carbonyl (C=O) groups excluding carboxylic acids is 1. The molecule has 0 spiro atoms. The van der Waals surface area contributed by atoms with Crippen molar-refractivity contribution in [2.24, 2.45) is 0 Å². The molecule has 1 aromatic rings. The topological polar surface area (TPSA) is 70.5 Å². The highest BCUT2D eigenvalue weighted by Crippen LogP contribution is 2.02. The Kier molecular flexibility index (Phi) is 4.39. The van der Waals surface area contributed by atoms with Crippen LogP contribution in [-0.4, -0.2) is 40.0 Å². The van der Waals surface area contributed by atoms with E-state index in [0.717, 1.165) is 10.5 Å². The Morgan fingerprint density at radius 1 is 1.53 bits per heavy atom. The number of carboxylic acids is 1. The van der Waals surface area contributed by atoms with Crippen LogP contribution in [0.1, 0.15) is 12.5 Å². The van der Waals surface area contributed by atoms with Gasteiger partial charge >= 0.3 is 5.97 Å². The van der Waals surface area contributed by atoms with Gasteiger partial charge in [-0.2, -0.15) is 0 Å². The van der Waals surface area contributed by atoms with Crippen LogP contribution in [0.25, 0.3) is 6.08 Å². The lowest BCUT2D eigenvalue weighted by Gasteiger charge is -2.19. The summed E-state index contributed by atoms with van der Waals surface area (Å²) in [5.41, 5.74) is 0.789. The molecule has 0 aliphatic carbocycles. The second-order valence-electron chi connectivity index (χ2n) is 3.58. The number of pyridine rings is 1. The van der Waals surface area contributed by atoms with Crippen LogP contribution in [0.2, 0.25) is 0 Å². The number of carbonyl (C=O) groups is 2. The molecule has 17 heavy (non-hydrogen) atoms. The van der Waals surface area contributed by atoms with Crippen LogP contribution in [0.15, 0.2) is 30.6 Å². The van der Waals surface area contributed by atoms with Crippen LogP contribution >= 0.6 is 0 Å². The minimum Gasteiger partial charge on any atom is -0.480 e. The van der Waals surface area contributed by atoms with Crippen LogP contribution < -0.4 is 0 Å². The van der Waals surface area contributed by atoms with Crippen LogP contribution in [0, 0.1) is 0 Å². The molecule has 1 N–H and O–H groups in total. The molecule has 0 aromatic carbocycles. The largest absolute Gasteiger partial charge is 0.480 e. The molecule has 1 atom stereocenters. The Bertz CT molecular complexity index is 429. The number of nitrogens with zero attached hydrogens (tertiary/aromatic N) is 2. The molecular formula is C12H14N2O3. The molecule has 0 fully saturated rings. The van der Waals surface area contributed by atoms with E-state index in [2.05, 4.69) is 4.98 Å². The zero-order valence-electron chi connectivity index (χ0n) is 9.70. The molecule has 5 nitrogen and oxygen atoms in total. The summed E-state index contributed by atoms with van der Waals surface area (Å²) in [4.78, 5) is 27.4. The average Bonchev–Trinajstić information content (AvgIpc) is 2.35. The minimum absolute atomic E-state index is 0.358. The molecule has 0 radical (unpaired) electrons. The van der Waals surface area contributed by atoms with Gasteiger partial charge in [-0.25, -0.2) is 4.79 Å². The highest BCUT2D eigenvalue weighted by molar-refractivity contribution is 5.94. The first-order chi connectivity index (χ1) is 8.02. The lowest BCUT2D eigenvalue weighted by atomic mass is 10.2. The van der Waals surface area contributed by atoms with E-state index >= 15 is 0 Å². The van der Waals surface area contributed by atoms with E-state index in [0.29, 0.717) is 0 Å². The first-order valence-corrected chi connectivity index (χ1v) is 5.10. The van der Waals surface area contributed by atoms with Gasteiger partial charge in [0, 0.05) is 25.5 Å². The smallest absolute Gasteiger partial charge is 0.326 e. The number of amides is 1. The number of hydrogen-bond donors (Lipinski definition) is 1. The zero-order chi connectivity index (χ0) is 12.8. The maximum atomic E-state index is 11.6. The second-order valence-corrected chi connectivity index (χ2v) is 3.58. The highest BCUT2D eigenvalue weighted by atomic mass is 16.4. The minimum atomic E-state index is -1.03. The van der Waals surface area contributed by atoms with Crippen molar-refractivity contribution in [2.75, 3.05) is 7.05 Å². The monoisotopic (exact) mass is 234 g/mol. The Hall–Kier alpha value is -2.17. The van der Waals surface area contributed by atoms with Gasteiger partial charge in [0.2, 0.25) is 5.91 Å². The first kappa shape index (κ1) is 12.9. The van der Waals surface area contributed by atoms with Crippen LogP contribution in [0.3, 0.4) is 0 Å². The van der Waals surface area contributed by atoms with E-state index in [-0.39, 0.29) is 5.91 Å². The van der Waals surface area contributed by atoms with Crippen molar-refractivity contribution in [3.63, 3.8) is 0 Å². The molecule has 1 aromatic heterocycles. The summed E-state index contributed by atoms with van der Waals surface area (Å²) in [6.45, 7) is 1.46. The third-order valence-corrected chi connectivity index (χ3v) is 2.39. The van der Waals surface area contributed by atoms with Crippen molar-refractivity contribution < 1.29 is 14.7 Å². The molecule has 1 rings (SSSR count). The number of likely N-dealkylation sites (N-methyl/N-ethyl adjacent to an activating group) is 1. The molecule has 5 heteroatoms. The maximum Gasteiger partial charge on any atom is 0.326 e. The Morgan fingerprint density at radius 2 is 2.24 bits per heavy atom. The van der Waals surface area contributed by atoms with Crippen molar-refractivity contribution >= 4 is 18.0 Å². The standard InChI is InChI=1S/C12H14N2O3/c1-9(12(16)17)14(2)11(15)6-5-10-4-3-7-13-8-10/h3-9H,1-2H3,(H,16,17). The van der Waals surface area contributed by atoms with Gasteiger partial charge < -0.3 is 10.0 Å². The predicted octanol–water partition coefficient (Wildman–Crippen LogP) is 1.03. The third kappa shape index (κ3) is 3.71. The van der Waals surface area contributed by atoms with E-state index < -0.39 is 12.0 Å². The molecule has 0 saturated heterocycles. The van der Waals surface area contributed by atoms with Crippen molar-refractivity contribution in [2.45, 2.75) is 13.0 Å². The molecule has 1 heterocycles. The van der Waals surface area contributed by atoms with E-state index in [1.165, 1.54) is 20.0 Å². The fourth-order valence-corrected chi connectivity index (χ4v) is 1.12. The second kappa shape index (κ2) is 5.79. The summed E-state index contributed by atoms with van der Waals surface area (Å²) in [7, 11) is 1.45. The van der Waals surface area contributed by atoms with E-state index in [4.69, 9.17) is 5.11 Å². The third-order valence-electron chi connectivity index (χ3n) is 2.39. The molecule has 0 saturated carbocycles. The van der Waals surface area contributed by atoms with Gasteiger partial charge in [-0.1, -0.05) is 6.07 Å². The van der Waals surface area contributed by atoms with Gasteiger partial charge in [-0.05, 0) is 24.6 Å². The van der Waals surface area contributed by atoms with Crippen LogP contribution in [-0.2, 0) is 9.59 Å². The quantitative estimate of drug-likeness (QED) is 0.790. The Labute approximate surface area is 99.4 Å². The van der Waals surface area contributed by atoms with Gasteiger partial charge in [-0.3, -0.25) is 9.78 Å². The fraction of sp³-hybridized carbons (Fsp3) is 0.250. The molecule has 0 bridgehead atoms. The number of hydrogen-bond acceptors (Lipinski definition) is 3. The van der Waals surface area contributed by atoms with E-state index in [9.17, 15) is 9.59 Å². The summed E-state index contributed by atoms with van der Waals surface area (Å²) in [6.07, 6.45) is 6.18. The Balaban J connectivity index is 2.67. The SMILES string of the molecule is CC(C(=O)O)N(C)C(=O)C=Cc1cccnc1. The fourth-order valence-electron chi connectivity index (χ4n) is 1.12. The molecule has 1 amide bonds. The predicted molar refractivity (Wildman–Crippen MR) is 63.1 cm³/mol. The summed E-state index contributed by atoms with van der Waals surface area (Å²) < 4.78 is 0. The summed E-state index contributed by atoms with van der Waals surface area (Å²) in [6, 6.07) is 2.71. The van der Waals surface area contributed by atoms with Crippen molar-refractivity contribution in [3.05, 3.63) is 36.2 Å². The highest BCUT2D eigenvalue weighted by Gasteiger charge is 2.19. The lowest BCUT2D eigenvalue weighted by molar-refractivity contribution is -0.146. The van der Waals surface area contributed by atoms with Gasteiger partial charge in [0.25, 0.3) is 0 Å². The molecular weight excluding hydrogens is 220 g/mol. The van der Waals surface area contributed by atoms with E-state index in [1.54, 1.807) is 30.6 Å². The number of carboxylic acid groups (broad SMARTS) is 1. The number of aromatic nitrogens is 1. The first-order valence-electron chi connectivity index (χ1n) is 5.10. The number of aliphatic carboxylic acids is 1. The van der Waals surface area contributed by atoms with Crippen molar-refractivity contribution in [1.29, 1.82) is 0 Å². The van der Waals surface area contributed by atoms with Gasteiger partial charge in [0.1, 0.15) is 6.04 Å². The molecule has 0 aliphatic rings. The van der Waals surface area contributed by atoms with Crippen molar-refractivity contribution in [1.82, 2.24) is 9.88 Å². The Morgan fingerprint density at radius 3 is 2.76 bits per heavy atom. The molecule has 0 aliphatic heterocycles. The molecule has 90 valence electrons. The normalized spacial score (nSPS) is 12.4. The van der Waals surface area contributed by atoms with E-state index in [1.807, 2.05) is 0 Å². The number of rotatable bonds is 4. The van der Waals surface area contributed by atoms with Crippen LogP contribution in [0.4, 0.5) is 0 Å². The van der Waals surface area contributed by atoms with Crippen molar-refractivity contribution in [3.8, 4) is 0 Å².